The summed E-state index contributed by atoms with van der Waals surface area (Å²) in [5, 5.41) is 4.33. The van der Waals surface area contributed by atoms with Crippen LogP contribution in [-0.2, 0) is 11.8 Å². The molecule has 3 rings (SSSR count). The molecule has 2 aromatic carbocycles. The molecule has 1 N–H and O–H groups in total. The maximum atomic E-state index is 12.3. The lowest BCUT2D eigenvalue weighted by Gasteiger charge is -2.18. The number of hydrogen-bond acceptors (Lipinski definition) is 2. The monoisotopic (exact) mass is 306 g/mol. The number of aryl methyl sites for hydroxylation is 1. The van der Waals surface area contributed by atoms with Crippen LogP contribution in [0.2, 0.25) is 0 Å². The van der Waals surface area contributed by atoms with Crippen molar-refractivity contribution in [2.24, 2.45) is 5.10 Å². The van der Waals surface area contributed by atoms with Gasteiger partial charge in [0.2, 0.25) is 0 Å². The zero-order valence-corrected chi connectivity index (χ0v) is 13.9. The van der Waals surface area contributed by atoms with Crippen LogP contribution in [0.1, 0.15) is 54.2 Å². The van der Waals surface area contributed by atoms with Crippen molar-refractivity contribution in [3.05, 3.63) is 70.8 Å². The summed E-state index contributed by atoms with van der Waals surface area (Å²) >= 11 is 0. The molecule has 0 saturated carbocycles. The fraction of sp³-hybridized carbons (Fsp3) is 0.300. The number of nitrogens with zero attached hydrogens (tertiary/aromatic N) is 1. The summed E-state index contributed by atoms with van der Waals surface area (Å²) in [6.45, 7) is 6.47. The topological polar surface area (TPSA) is 41.5 Å². The Morgan fingerprint density at radius 2 is 1.70 bits per heavy atom. The lowest BCUT2D eigenvalue weighted by molar-refractivity contribution is 0.0954. The van der Waals surface area contributed by atoms with Gasteiger partial charge in [-0.25, -0.2) is 5.43 Å². The number of benzene rings is 2. The van der Waals surface area contributed by atoms with Crippen LogP contribution in [0.25, 0.3) is 0 Å². The third-order valence-corrected chi connectivity index (χ3v) is 4.26. The van der Waals surface area contributed by atoms with E-state index in [2.05, 4.69) is 43.4 Å². The zero-order chi connectivity index (χ0) is 16.4. The smallest absolute Gasteiger partial charge is 0.267 e. The van der Waals surface area contributed by atoms with Crippen LogP contribution in [0, 0.1) is 0 Å². The molecular weight excluding hydrogens is 284 g/mol. The summed E-state index contributed by atoms with van der Waals surface area (Å²) in [7, 11) is 0. The van der Waals surface area contributed by atoms with E-state index in [1.165, 1.54) is 11.1 Å². The third-order valence-electron chi connectivity index (χ3n) is 4.26. The van der Waals surface area contributed by atoms with E-state index >= 15 is 0 Å². The second-order valence-electron chi connectivity index (χ2n) is 6.98. The van der Waals surface area contributed by atoms with Gasteiger partial charge in [-0.05, 0) is 41.5 Å². The van der Waals surface area contributed by atoms with Crippen LogP contribution in [0.15, 0.2) is 53.6 Å². The van der Waals surface area contributed by atoms with E-state index in [1.54, 1.807) is 0 Å². The first-order valence-electron chi connectivity index (χ1n) is 8.01. The fourth-order valence-corrected chi connectivity index (χ4v) is 2.83. The first-order valence-corrected chi connectivity index (χ1v) is 8.01. The highest BCUT2D eigenvalue weighted by atomic mass is 16.2. The Labute approximate surface area is 137 Å². The second kappa shape index (κ2) is 5.99. The molecule has 23 heavy (non-hydrogen) atoms. The molecule has 0 aliphatic heterocycles. The molecule has 0 radical (unpaired) electrons. The maximum absolute atomic E-state index is 12.3. The van der Waals surface area contributed by atoms with E-state index in [4.69, 9.17) is 0 Å². The molecule has 2 aromatic rings. The van der Waals surface area contributed by atoms with Crippen molar-refractivity contribution >= 4 is 11.6 Å². The maximum Gasteiger partial charge on any atom is 0.271 e. The summed E-state index contributed by atoms with van der Waals surface area (Å²) in [4.78, 5) is 12.3. The summed E-state index contributed by atoms with van der Waals surface area (Å²) in [5.41, 5.74) is 8.03. The van der Waals surface area contributed by atoms with Gasteiger partial charge in [0.15, 0.2) is 0 Å². The van der Waals surface area contributed by atoms with Gasteiger partial charge in [-0.3, -0.25) is 4.79 Å². The Morgan fingerprint density at radius 1 is 1.00 bits per heavy atom. The van der Waals surface area contributed by atoms with Crippen LogP contribution in [0.3, 0.4) is 0 Å². The Balaban J connectivity index is 1.72. The number of carbonyl (C=O) groups excluding carboxylic acids is 1. The molecule has 0 heterocycles. The molecule has 0 fully saturated rings. The molecule has 3 heteroatoms. The van der Waals surface area contributed by atoms with Crippen LogP contribution in [-0.4, -0.2) is 11.6 Å². The van der Waals surface area contributed by atoms with Gasteiger partial charge < -0.3 is 0 Å². The Hall–Kier alpha value is -2.42. The number of hydrazone groups is 1. The van der Waals surface area contributed by atoms with Crippen molar-refractivity contribution in [1.29, 1.82) is 0 Å². The van der Waals surface area contributed by atoms with Gasteiger partial charge in [0.25, 0.3) is 5.91 Å². The average Bonchev–Trinajstić information content (AvgIpc) is 2.95. The van der Waals surface area contributed by atoms with E-state index in [0.29, 0.717) is 5.56 Å². The SMILES string of the molecule is CC(C)(C)c1ccc(C(=O)N/N=C2/CCc3ccccc32)cc1. The average molecular weight is 306 g/mol. The molecular formula is C20H22N2O. The minimum Gasteiger partial charge on any atom is -0.267 e. The van der Waals surface area contributed by atoms with Crippen LogP contribution in [0.4, 0.5) is 0 Å². The molecule has 0 saturated heterocycles. The highest BCUT2D eigenvalue weighted by Gasteiger charge is 2.18. The number of carbonyl (C=O) groups is 1. The fourth-order valence-electron chi connectivity index (χ4n) is 2.83. The van der Waals surface area contributed by atoms with Crippen molar-refractivity contribution in [1.82, 2.24) is 5.43 Å². The molecule has 1 aliphatic carbocycles. The van der Waals surface area contributed by atoms with Gasteiger partial charge in [-0.15, -0.1) is 0 Å². The Bertz CT molecular complexity index is 752. The highest BCUT2D eigenvalue weighted by Crippen LogP contribution is 2.23. The van der Waals surface area contributed by atoms with Crippen molar-refractivity contribution in [2.75, 3.05) is 0 Å². The van der Waals surface area contributed by atoms with Gasteiger partial charge in [-0.1, -0.05) is 57.2 Å². The number of amides is 1. The largest absolute Gasteiger partial charge is 0.271 e. The third kappa shape index (κ3) is 3.34. The standard InChI is InChI=1S/C20H22N2O/c1-20(2,3)16-11-8-15(9-12-16)19(23)22-21-18-13-10-14-6-4-5-7-17(14)18/h4-9,11-12H,10,13H2,1-3H3,(H,22,23)/b21-18-. The Kier molecular flexibility index (Phi) is 4.03. The van der Waals surface area contributed by atoms with Gasteiger partial charge in [0, 0.05) is 11.1 Å². The minimum atomic E-state index is -0.164. The first-order chi connectivity index (χ1) is 10.9. The highest BCUT2D eigenvalue weighted by molar-refractivity contribution is 6.05. The summed E-state index contributed by atoms with van der Waals surface area (Å²) in [6, 6.07) is 16.0. The quantitative estimate of drug-likeness (QED) is 0.835. The number of rotatable bonds is 2. The summed E-state index contributed by atoms with van der Waals surface area (Å²) < 4.78 is 0. The first kappa shape index (κ1) is 15.5. The number of hydrogen-bond donors (Lipinski definition) is 1. The van der Waals surface area contributed by atoms with Crippen molar-refractivity contribution in [3.63, 3.8) is 0 Å². The number of fused-ring (bicyclic) bond motifs is 1. The molecule has 1 aliphatic rings. The molecule has 0 unspecified atom stereocenters. The van der Waals surface area contributed by atoms with Gasteiger partial charge in [0.1, 0.15) is 0 Å². The van der Waals surface area contributed by atoms with Crippen molar-refractivity contribution < 1.29 is 4.79 Å². The van der Waals surface area contributed by atoms with Crippen molar-refractivity contribution in [3.8, 4) is 0 Å². The van der Waals surface area contributed by atoms with Gasteiger partial charge in [0.05, 0.1) is 5.71 Å². The van der Waals surface area contributed by atoms with Crippen LogP contribution < -0.4 is 5.43 Å². The van der Waals surface area contributed by atoms with E-state index in [1.807, 2.05) is 36.4 Å². The van der Waals surface area contributed by atoms with Crippen LogP contribution >= 0.6 is 0 Å². The molecule has 118 valence electrons. The lowest BCUT2D eigenvalue weighted by atomic mass is 9.87. The zero-order valence-electron chi connectivity index (χ0n) is 13.9. The predicted octanol–water partition coefficient (Wildman–Crippen LogP) is 4.06. The number of nitrogens with one attached hydrogen (secondary N) is 1. The summed E-state index contributed by atoms with van der Waals surface area (Å²) in [5.74, 6) is -0.164. The lowest BCUT2D eigenvalue weighted by Crippen LogP contribution is -2.20. The van der Waals surface area contributed by atoms with Crippen LogP contribution in [0.5, 0.6) is 0 Å². The van der Waals surface area contributed by atoms with E-state index in [9.17, 15) is 4.79 Å². The van der Waals surface area contributed by atoms with E-state index < -0.39 is 0 Å². The summed E-state index contributed by atoms with van der Waals surface area (Å²) in [6.07, 6.45) is 1.87. The molecule has 0 spiro atoms. The Morgan fingerprint density at radius 3 is 2.39 bits per heavy atom. The molecule has 0 atom stereocenters. The molecule has 0 bridgehead atoms. The molecule has 0 aromatic heterocycles. The van der Waals surface area contributed by atoms with Gasteiger partial charge >= 0.3 is 0 Å². The van der Waals surface area contributed by atoms with Gasteiger partial charge in [-0.2, -0.15) is 5.10 Å². The van der Waals surface area contributed by atoms with E-state index in [0.717, 1.165) is 24.1 Å². The van der Waals surface area contributed by atoms with E-state index in [-0.39, 0.29) is 11.3 Å². The predicted molar refractivity (Wildman–Crippen MR) is 93.9 cm³/mol. The molecule has 1 amide bonds. The minimum absolute atomic E-state index is 0.0861. The normalized spacial score (nSPS) is 15.5. The second-order valence-corrected chi connectivity index (χ2v) is 6.98. The van der Waals surface area contributed by atoms with Crippen molar-refractivity contribution in [2.45, 2.75) is 39.0 Å². The molecule has 3 nitrogen and oxygen atoms in total.